The van der Waals surface area contributed by atoms with Gasteiger partial charge in [-0.1, -0.05) is 54.1 Å². The first-order valence-electron chi connectivity index (χ1n) is 8.86. The molecule has 1 aliphatic rings. The minimum atomic E-state index is 0.00275. The van der Waals surface area contributed by atoms with Gasteiger partial charge in [-0.25, -0.2) is 0 Å². The molecule has 0 unspecified atom stereocenters. The quantitative estimate of drug-likeness (QED) is 0.875. The number of carbonyl (C=O) groups is 1. The van der Waals surface area contributed by atoms with Crippen molar-refractivity contribution in [3.05, 3.63) is 70.7 Å². The molecular formula is C21H24ClNO2. The Bertz CT molecular complexity index is 696. The van der Waals surface area contributed by atoms with Gasteiger partial charge in [-0.15, -0.1) is 0 Å². The van der Waals surface area contributed by atoms with Crippen molar-refractivity contribution < 1.29 is 9.90 Å². The van der Waals surface area contributed by atoms with E-state index < -0.39 is 0 Å². The molecule has 0 radical (unpaired) electrons. The van der Waals surface area contributed by atoms with Crippen molar-refractivity contribution in [3.63, 3.8) is 0 Å². The van der Waals surface area contributed by atoms with Gasteiger partial charge in [0.2, 0.25) is 5.91 Å². The Labute approximate surface area is 154 Å². The summed E-state index contributed by atoms with van der Waals surface area (Å²) in [5.41, 5.74) is 2.20. The summed E-state index contributed by atoms with van der Waals surface area (Å²) in [5.74, 6) is 0.509. The number of likely N-dealkylation sites (tertiary alicyclic amines) is 1. The molecule has 1 aliphatic heterocycles. The maximum atomic E-state index is 12.9. The van der Waals surface area contributed by atoms with Crippen LogP contribution in [-0.4, -0.2) is 35.6 Å². The topological polar surface area (TPSA) is 40.5 Å². The molecule has 2 aromatic rings. The van der Waals surface area contributed by atoms with Gasteiger partial charge in [0.1, 0.15) is 0 Å². The zero-order valence-corrected chi connectivity index (χ0v) is 15.0. The molecule has 0 aliphatic carbocycles. The summed E-state index contributed by atoms with van der Waals surface area (Å²) in [6.45, 7) is 1.69. The number of aliphatic hydroxyl groups excluding tert-OH is 1. The van der Waals surface area contributed by atoms with Crippen LogP contribution in [0.3, 0.4) is 0 Å². The fraction of sp³-hybridized carbons (Fsp3) is 0.381. The Morgan fingerprint density at radius 3 is 2.40 bits per heavy atom. The number of piperidine rings is 1. The van der Waals surface area contributed by atoms with Crippen molar-refractivity contribution in [1.82, 2.24) is 4.90 Å². The van der Waals surface area contributed by atoms with E-state index >= 15 is 0 Å². The zero-order valence-electron chi connectivity index (χ0n) is 14.3. The first-order chi connectivity index (χ1) is 12.2. The van der Waals surface area contributed by atoms with E-state index in [1.807, 2.05) is 47.4 Å². The molecule has 1 fully saturated rings. The van der Waals surface area contributed by atoms with Crippen molar-refractivity contribution in [2.45, 2.75) is 25.2 Å². The van der Waals surface area contributed by atoms with Crippen LogP contribution in [0.1, 0.15) is 36.3 Å². The monoisotopic (exact) mass is 357 g/mol. The van der Waals surface area contributed by atoms with Crippen LogP contribution < -0.4 is 0 Å². The highest BCUT2D eigenvalue weighted by Crippen LogP contribution is 2.31. The number of nitrogens with zero attached hydrogens (tertiary/aromatic N) is 1. The summed E-state index contributed by atoms with van der Waals surface area (Å²) in [6, 6.07) is 17.9. The van der Waals surface area contributed by atoms with Crippen molar-refractivity contribution >= 4 is 17.5 Å². The predicted octanol–water partition coefficient (Wildman–Crippen LogP) is 4.09. The first-order valence-corrected chi connectivity index (χ1v) is 9.24. The minimum absolute atomic E-state index is 0.00275. The Hall–Kier alpha value is -1.84. The van der Waals surface area contributed by atoms with Gasteiger partial charge in [0.05, 0.1) is 0 Å². The van der Waals surface area contributed by atoms with E-state index in [0.29, 0.717) is 17.4 Å². The van der Waals surface area contributed by atoms with E-state index in [-0.39, 0.29) is 18.4 Å². The lowest BCUT2D eigenvalue weighted by Crippen LogP contribution is -2.39. The summed E-state index contributed by atoms with van der Waals surface area (Å²) in [5, 5.41) is 9.96. The number of benzene rings is 2. The third-order valence-corrected chi connectivity index (χ3v) is 5.29. The second-order valence-electron chi connectivity index (χ2n) is 6.73. The van der Waals surface area contributed by atoms with Crippen LogP contribution in [0.25, 0.3) is 0 Å². The highest BCUT2D eigenvalue weighted by Gasteiger charge is 2.25. The fourth-order valence-corrected chi connectivity index (χ4v) is 3.70. The van der Waals surface area contributed by atoms with Crippen LogP contribution in [0.5, 0.6) is 0 Å². The lowest BCUT2D eigenvalue weighted by molar-refractivity contribution is -0.133. The normalized spacial score (nSPS) is 16.6. The molecule has 2 aromatic carbocycles. The molecule has 4 heteroatoms. The standard InChI is InChI=1S/C21H24ClNO2/c22-19-8-4-7-18(13-19)20(17-5-2-1-3-6-17)14-21(25)23-11-9-16(15-24)10-12-23/h1-8,13,16,20,24H,9-12,14-15H2/t20-/m1/s1. The lowest BCUT2D eigenvalue weighted by atomic mass is 9.87. The average Bonchev–Trinajstić information content (AvgIpc) is 2.66. The smallest absolute Gasteiger partial charge is 0.223 e. The third kappa shape index (κ3) is 4.62. The molecule has 1 amide bonds. The highest BCUT2D eigenvalue weighted by molar-refractivity contribution is 6.30. The van der Waals surface area contributed by atoms with Crippen molar-refractivity contribution in [2.24, 2.45) is 5.92 Å². The summed E-state index contributed by atoms with van der Waals surface area (Å²) >= 11 is 6.17. The van der Waals surface area contributed by atoms with Crippen LogP contribution >= 0.6 is 11.6 Å². The minimum Gasteiger partial charge on any atom is -0.396 e. The number of carbonyl (C=O) groups excluding carboxylic acids is 1. The van der Waals surface area contributed by atoms with Gasteiger partial charge in [-0.05, 0) is 42.0 Å². The molecule has 0 spiro atoms. The van der Waals surface area contributed by atoms with Gasteiger partial charge in [-0.3, -0.25) is 4.79 Å². The van der Waals surface area contributed by atoms with Crippen molar-refractivity contribution in [3.8, 4) is 0 Å². The molecule has 0 aromatic heterocycles. The fourth-order valence-electron chi connectivity index (χ4n) is 3.51. The van der Waals surface area contributed by atoms with Gasteiger partial charge < -0.3 is 10.0 Å². The molecule has 3 rings (SSSR count). The van der Waals surface area contributed by atoms with E-state index in [2.05, 4.69) is 12.1 Å². The Morgan fingerprint density at radius 2 is 1.76 bits per heavy atom. The summed E-state index contributed by atoms with van der Waals surface area (Å²) < 4.78 is 0. The highest BCUT2D eigenvalue weighted by atomic mass is 35.5. The van der Waals surface area contributed by atoms with Gasteiger partial charge in [0, 0.05) is 37.1 Å². The maximum absolute atomic E-state index is 12.9. The molecule has 3 nitrogen and oxygen atoms in total. The van der Waals surface area contributed by atoms with Crippen LogP contribution in [0.15, 0.2) is 54.6 Å². The molecule has 1 N–H and O–H groups in total. The molecule has 25 heavy (non-hydrogen) atoms. The summed E-state index contributed by atoms with van der Waals surface area (Å²) in [4.78, 5) is 14.8. The number of amides is 1. The van der Waals surface area contributed by atoms with E-state index in [1.54, 1.807) is 0 Å². The van der Waals surface area contributed by atoms with Gasteiger partial charge in [-0.2, -0.15) is 0 Å². The second kappa shape index (κ2) is 8.50. The maximum Gasteiger partial charge on any atom is 0.223 e. The molecular weight excluding hydrogens is 334 g/mol. The molecule has 0 bridgehead atoms. The van der Waals surface area contributed by atoms with E-state index in [0.717, 1.165) is 37.1 Å². The largest absolute Gasteiger partial charge is 0.396 e. The summed E-state index contributed by atoms with van der Waals surface area (Å²) in [7, 11) is 0. The van der Waals surface area contributed by atoms with Crippen LogP contribution in [0.4, 0.5) is 0 Å². The van der Waals surface area contributed by atoms with Crippen molar-refractivity contribution in [2.75, 3.05) is 19.7 Å². The van der Waals surface area contributed by atoms with E-state index in [9.17, 15) is 9.90 Å². The molecule has 1 heterocycles. The van der Waals surface area contributed by atoms with Crippen LogP contribution in [0, 0.1) is 5.92 Å². The Morgan fingerprint density at radius 1 is 1.08 bits per heavy atom. The lowest BCUT2D eigenvalue weighted by Gasteiger charge is -2.32. The zero-order chi connectivity index (χ0) is 17.6. The van der Waals surface area contributed by atoms with E-state index in [1.165, 1.54) is 0 Å². The molecule has 132 valence electrons. The number of halogens is 1. The predicted molar refractivity (Wildman–Crippen MR) is 101 cm³/mol. The van der Waals surface area contributed by atoms with Crippen LogP contribution in [-0.2, 0) is 4.79 Å². The van der Waals surface area contributed by atoms with Gasteiger partial charge >= 0.3 is 0 Å². The molecule has 0 saturated carbocycles. The number of hydrogen-bond donors (Lipinski definition) is 1. The number of rotatable bonds is 5. The number of hydrogen-bond acceptors (Lipinski definition) is 2. The first kappa shape index (κ1) is 18.0. The van der Waals surface area contributed by atoms with E-state index in [4.69, 9.17) is 11.6 Å². The Kier molecular flexibility index (Phi) is 6.11. The molecule has 1 saturated heterocycles. The summed E-state index contributed by atoms with van der Waals surface area (Å²) in [6.07, 6.45) is 2.21. The third-order valence-electron chi connectivity index (χ3n) is 5.06. The SMILES string of the molecule is O=C(C[C@H](c1ccccc1)c1cccc(Cl)c1)N1CCC(CO)CC1. The van der Waals surface area contributed by atoms with Crippen LogP contribution in [0.2, 0.25) is 5.02 Å². The van der Waals surface area contributed by atoms with Crippen molar-refractivity contribution in [1.29, 1.82) is 0 Å². The molecule has 1 atom stereocenters. The average molecular weight is 358 g/mol. The van der Waals surface area contributed by atoms with Gasteiger partial charge in [0.15, 0.2) is 0 Å². The number of aliphatic hydroxyl groups is 1. The second-order valence-corrected chi connectivity index (χ2v) is 7.17. The Balaban J connectivity index is 1.77. The van der Waals surface area contributed by atoms with Gasteiger partial charge in [0.25, 0.3) is 0 Å².